The summed E-state index contributed by atoms with van der Waals surface area (Å²) in [4.78, 5) is 39.8. The smallest absolute Gasteiger partial charge is 0.417 e. The van der Waals surface area contributed by atoms with E-state index >= 15 is 0 Å². The van der Waals surface area contributed by atoms with Gasteiger partial charge in [-0.3, -0.25) is 9.59 Å². The number of likely N-dealkylation sites (N-methyl/N-ethyl adjacent to an activating group) is 1. The van der Waals surface area contributed by atoms with Crippen molar-refractivity contribution in [3.8, 4) is 17.6 Å². The monoisotopic (exact) mass is 597 g/mol. The van der Waals surface area contributed by atoms with Gasteiger partial charge in [-0.15, -0.1) is 0 Å². The highest BCUT2D eigenvalue weighted by atomic mass is 19.4. The minimum absolute atomic E-state index is 0.0189. The molecule has 0 aromatic carbocycles. The maximum atomic E-state index is 13.3. The number of carbonyl (C=O) groups excluding carboxylic acids is 1. The molecule has 0 saturated carbocycles. The number of nitriles is 1. The molecule has 1 saturated heterocycles. The Morgan fingerprint density at radius 2 is 2.05 bits per heavy atom. The Labute approximate surface area is 242 Å². The fraction of sp³-hybridized carbons (Fsp3) is 0.333. The van der Waals surface area contributed by atoms with Gasteiger partial charge in [0.05, 0.1) is 30.9 Å². The minimum Gasteiger partial charge on any atom is -0.454 e. The van der Waals surface area contributed by atoms with E-state index in [0.29, 0.717) is 25.4 Å². The lowest BCUT2D eigenvalue weighted by molar-refractivity contribution is -0.138. The molecule has 13 nitrogen and oxygen atoms in total. The quantitative estimate of drug-likeness (QED) is 0.325. The number of aryl methyl sites for hydroxylation is 2. The van der Waals surface area contributed by atoms with Crippen LogP contribution >= 0.6 is 0 Å². The van der Waals surface area contributed by atoms with Crippen LogP contribution in [0.25, 0.3) is 11.2 Å². The highest BCUT2D eigenvalue weighted by Crippen LogP contribution is 2.33. The molecule has 16 heteroatoms. The van der Waals surface area contributed by atoms with Crippen LogP contribution in [0.2, 0.25) is 0 Å². The third-order valence-corrected chi connectivity index (χ3v) is 6.71. The zero-order chi connectivity index (χ0) is 30.9. The summed E-state index contributed by atoms with van der Waals surface area (Å²) < 4.78 is 53.7. The van der Waals surface area contributed by atoms with Crippen LogP contribution in [-0.4, -0.2) is 67.7 Å². The van der Waals surface area contributed by atoms with Gasteiger partial charge in [-0.05, 0) is 19.2 Å². The fourth-order valence-corrected chi connectivity index (χ4v) is 4.59. The van der Waals surface area contributed by atoms with Crippen LogP contribution in [0, 0.1) is 11.3 Å². The zero-order valence-corrected chi connectivity index (χ0v) is 23.3. The predicted octanol–water partition coefficient (Wildman–Crippen LogP) is 3.15. The lowest BCUT2D eigenvalue weighted by Gasteiger charge is -2.29. The Bertz CT molecular complexity index is 1800. The van der Waals surface area contributed by atoms with Crippen LogP contribution in [0.1, 0.15) is 17.5 Å². The largest absolute Gasteiger partial charge is 0.454 e. The fourth-order valence-electron chi connectivity index (χ4n) is 4.59. The summed E-state index contributed by atoms with van der Waals surface area (Å²) in [6.45, 7) is 1.99. The molecule has 0 aliphatic carbocycles. The van der Waals surface area contributed by atoms with Gasteiger partial charge in [0.25, 0.3) is 5.56 Å². The number of anilines is 3. The summed E-state index contributed by atoms with van der Waals surface area (Å²) in [5.41, 5.74) is -1.76. The molecule has 5 rings (SSSR count). The van der Waals surface area contributed by atoms with Crippen LogP contribution < -0.4 is 20.9 Å². The van der Waals surface area contributed by atoms with Crippen LogP contribution in [0.4, 0.5) is 30.6 Å². The van der Waals surface area contributed by atoms with Gasteiger partial charge in [0, 0.05) is 45.6 Å². The second-order valence-electron chi connectivity index (χ2n) is 9.94. The summed E-state index contributed by atoms with van der Waals surface area (Å²) in [5.74, 6) is 0.242. The predicted molar refractivity (Wildman–Crippen MR) is 148 cm³/mol. The number of pyridine rings is 3. The van der Waals surface area contributed by atoms with Crippen molar-refractivity contribution in [3.63, 3.8) is 0 Å². The van der Waals surface area contributed by atoms with E-state index in [9.17, 15) is 28.0 Å². The Hall–Kier alpha value is -5.01. The first-order chi connectivity index (χ1) is 20.4. The van der Waals surface area contributed by atoms with Gasteiger partial charge < -0.3 is 34.1 Å². The molecule has 1 atom stereocenters. The molecule has 1 aliphatic rings. The van der Waals surface area contributed by atoms with E-state index in [1.165, 1.54) is 43.2 Å². The first-order valence-corrected chi connectivity index (χ1v) is 13.0. The summed E-state index contributed by atoms with van der Waals surface area (Å²) in [7, 11) is 4.67. The number of nitrogens with zero attached hydrogens (tertiary/aromatic N) is 7. The molecular formula is C27H26F3N9O4. The Balaban J connectivity index is 1.38. The molecule has 1 amide bonds. The number of rotatable bonds is 7. The van der Waals surface area contributed by atoms with Gasteiger partial charge in [-0.2, -0.15) is 23.4 Å². The highest BCUT2D eigenvalue weighted by Gasteiger charge is 2.32. The molecule has 2 N–H and O–H groups in total. The number of amides is 1. The van der Waals surface area contributed by atoms with Crippen molar-refractivity contribution in [2.24, 2.45) is 14.1 Å². The number of imidazole rings is 1. The number of alkyl halides is 3. The van der Waals surface area contributed by atoms with Crippen LogP contribution in [-0.2, 0) is 29.8 Å². The third kappa shape index (κ3) is 6.42. The molecule has 4 aromatic heterocycles. The molecule has 43 heavy (non-hydrogen) atoms. The number of nitrogens with one attached hydrogen (secondary N) is 2. The Morgan fingerprint density at radius 1 is 1.26 bits per heavy atom. The van der Waals surface area contributed by atoms with Gasteiger partial charge >= 0.3 is 6.18 Å². The molecular weight excluding hydrogens is 571 g/mol. The standard InChI is InChI=1S/C27H26F3N9O4/c1-37-6-7-42-17(14-37)10-22(40)35-21-9-16(4-5-32-21)43-20-12-33-24-23(18(20)11-31)39(3)26(36-24)34-19-8-15(27(28,29)30)13-38(2)25(19)41/h4-5,8-9,12-13,17H,6-7,10,14H2,1-3H3,(H,32,35,40)(H,33,34,36)/t17-/m0/s1. The summed E-state index contributed by atoms with van der Waals surface area (Å²) in [6.07, 6.45) is -1.36. The van der Waals surface area contributed by atoms with Crippen molar-refractivity contribution in [2.45, 2.75) is 18.7 Å². The Kier molecular flexibility index (Phi) is 8.02. The molecule has 1 aliphatic heterocycles. The molecule has 1 fully saturated rings. The van der Waals surface area contributed by atoms with Gasteiger partial charge in [0.1, 0.15) is 34.4 Å². The topological polar surface area (TPSA) is 152 Å². The number of aromatic nitrogens is 5. The molecule has 0 spiro atoms. The maximum Gasteiger partial charge on any atom is 0.417 e. The lowest BCUT2D eigenvalue weighted by atomic mass is 10.2. The van der Waals surface area contributed by atoms with Gasteiger partial charge in [-0.25, -0.2) is 9.97 Å². The first kappa shape index (κ1) is 29.5. The van der Waals surface area contributed by atoms with Crippen molar-refractivity contribution >= 4 is 34.5 Å². The summed E-state index contributed by atoms with van der Waals surface area (Å²) in [6, 6.07) is 5.75. The first-order valence-electron chi connectivity index (χ1n) is 13.0. The van der Waals surface area contributed by atoms with Crippen LogP contribution in [0.3, 0.4) is 0 Å². The maximum absolute atomic E-state index is 13.3. The van der Waals surface area contributed by atoms with Crippen molar-refractivity contribution in [2.75, 3.05) is 37.4 Å². The average Bonchev–Trinajstić information content (AvgIpc) is 3.25. The lowest BCUT2D eigenvalue weighted by Crippen LogP contribution is -2.41. The van der Waals surface area contributed by atoms with Crippen molar-refractivity contribution < 1.29 is 27.4 Å². The molecule has 4 aromatic rings. The van der Waals surface area contributed by atoms with E-state index in [4.69, 9.17) is 9.47 Å². The minimum atomic E-state index is -4.67. The van der Waals surface area contributed by atoms with E-state index in [0.717, 1.165) is 11.1 Å². The van der Waals surface area contributed by atoms with E-state index < -0.39 is 17.3 Å². The Morgan fingerprint density at radius 3 is 2.77 bits per heavy atom. The summed E-state index contributed by atoms with van der Waals surface area (Å²) in [5, 5.41) is 15.3. The number of morpholine rings is 1. The summed E-state index contributed by atoms with van der Waals surface area (Å²) >= 11 is 0. The number of halogens is 3. The average molecular weight is 598 g/mol. The van der Waals surface area contributed by atoms with Gasteiger partial charge in [0.15, 0.2) is 11.4 Å². The number of carbonyl (C=O) groups is 1. The van der Waals surface area contributed by atoms with E-state index in [1.807, 2.05) is 7.05 Å². The highest BCUT2D eigenvalue weighted by molar-refractivity contribution is 5.90. The second kappa shape index (κ2) is 11.7. The van der Waals surface area contributed by atoms with Gasteiger partial charge in [0.2, 0.25) is 11.9 Å². The molecule has 0 bridgehead atoms. The van der Waals surface area contributed by atoms with E-state index in [-0.39, 0.29) is 64.1 Å². The SMILES string of the molecule is CN1CCO[C@@H](CC(=O)Nc2cc(Oc3cnc4nc(Nc5cc(C(F)(F)F)cn(C)c5=O)n(C)c4c3C#N)ccn2)C1. The van der Waals surface area contributed by atoms with Crippen molar-refractivity contribution in [1.82, 2.24) is 29.0 Å². The molecule has 5 heterocycles. The number of hydrogen-bond acceptors (Lipinski definition) is 10. The van der Waals surface area contributed by atoms with Gasteiger partial charge in [-0.1, -0.05) is 0 Å². The molecule has 0 unspecified atom stereocenters. The zero-order valence-electron chi connectivity index (χ0n) is 23.3. The van der Waals surface area contributed by atoms with Crippen LogP contribution in [0.5, 0.6) is 11.5 Å². The van der Waals surface area contributed by atoms with Crippen molar-refractivity contribution in [1.29, 1.82) is 5.26 Å². The number of ether oxygens (including phenoxy) is 2. The molecule has 224 valence electrons. The van der Waals surface area contributed by atoms with E-state index in [2.05, 4.69) is 36.6 Å². The van der Waals surface area contributed by atoms with E-state index in [1.54, 1.807) is 0 Å². The molecule has 0 radical (unpaired) electrons. The third-order valence-electron chi connectivity index (χ3n) is 6.71. The van der Waals surface area contributed by atoms with Crippen molar-refractivity contribution in [3.05, 3.63) is 58.3 Å². The number of hydrogen-bond donors (Lipinski definition) is 2. The van der Waals surface area contributed by atoms with Crippen LogP contribution in [0.15, 0.2) is 41.6 Å². The number of fused-ring (bicyclic) bond motifs is 1. The second-order valence-corrected chi connectivity index (χ2v) is 9.94. The normalized spacial score (nSPS) is 15.7.